The van der Waals surface area contributed by atoms with Crippen molar-refractivity contribution in [2.24, 2.45) is 17.3 Å². The average molecular weight is 404 g/mol. The van der Waals surface area contributed by atoms with Crippen LogP contribution in [0, 0.1) is 17.3 Å². The van der Waals surface area contributed by atoms with Crippen LogP contribution < -0.4 is 4.74 Å². The summed E-state index contributed by atoms with van der Waals surface area (Å²) >= 11 is 17.8. The van der Waals surface area contributed by atoms with E-state index in [0.29, 0.717) is 38.8 Å². The number of benzene rings is 1. The molecule has 0 heterocycles. The molecule has 1 aromatic carbocycles. The van der Waals surface area contributed by atoms with Crippen molar-refractivity contribution in [3.63, 3.8) is 0 Å². The Kier molecular flexibility index (Phi) is 5.57. The monoisotopic (exact) mass is 402 g/mol. The summed E-state index contributed by atoms with van der Waals surface area (Å²) in [6, 6.07) is 2.97. The molecule has 0 saturated heterocycles. The third-order valence-corrected chi connectivity index (χ3v) is 6.57. The number of rotatable bonds is 6. The first-order valence-corrected chi connectivity index (χ1v) is 9.54. The Morgan fingerprint density at radius 1 is 1.20 bits per heavy atom. The first-order chi connectivity index (χ1) is 11.8. The fourth-order valence-electron chi connectivity index (χ4n) is 3.83. The van der Waals surface area contributed by atoms with E-state index in [-0.39, 0.29) is 6.61 Å². The molecular weight excluding hydrogens is 383 g/mol. The molecule has 1 aromatic rings. The molecule has 1 fully saturated rings. The zero-order valence-corrected chi connectivity index (χ0v) is 16.5. The normalized spacial score (nSPS) is 23.5. The van der Waals surface area contributed by atoms with Crippen molar-refractivity contribution >= 4 is 40.8 Å². The zero-order chi connectivity index (χ0) is 18.2. The van der Waals surface area contributed by atoms with Gasteiger partial charge in [-0.15, -0.1) is 0 Å². The van der Waals surface area contributed by atoms with E-state index in [1.165, 1.54) is 24.1 Å². The standard InChI is InChI=1S/C19H21Cl3O3/c1-19(2)12-4-3-11(13(19)7-12)5-6-24-18(23)10-25-17-9-15(21)14(20)8-16(17)22/h3,8-9,12-13H,4-7,10H2,1-2H3/t12-,13+/m0/s1. The Balaban J connectivity index is 1.43. The smallest absolute Gasteiger partial charge is 0.344 e. The van der Waals surface area contributed by atoms with Crippen molar-refractivity contribution in [3.05, 3.63) is 38.8 Å². The molecule has 0 spiro atoms. The minimum absolute atomic E-state index is 0.215. The number of allylic oxidation sites excluding steroid dienone is 1. The van der Waals surface area contributed by atoms with Crippen molar-refractivity contribution in [3.8, 4) is 5.75 Å². The number of fused-ring (bicyclic) bond motifs is 1. The maximum Gasteiger partial charge on any atom is 0.344 e. The van der Waals surface area contributed by atoms with Gasteiger partial charge in [0, 0.05) is 12.5 Å². The van der Waals surface area contributed by atoms with Crippen LogP contribution >= 0.6 is 34.8 Å². The fraction of sp³-hybridized carbons (Fsp3) is 0.526. The summed E-state index contributed by atoms with van der Waals surface area (Å²) < 4.78 is 10.7. The van der Waals surface area contributed by atoms with Gasteiger partial charge in [0.15, 0.2) is 6.61 Å². The number of carbonyl (C=O) groups is 1. The number of hydrogen-bond acceptors (Lipinski definition) is 3. The minimum atomic E-state index is -0.427. The SMILES string of the molecule is CC1(C)[C@H]2CC=C(CCOC(=O)COc3cc(Cl)c(Cl)cc3Cl)[C@H]1C2. The number of esters is 1. The lowest BCUT2D eigenvalue weighted by Gasteiger charge is -2.56. The van der Waals surface area contributed by atoms with Crippen molar-refractivity contribution in [2.75, 3.05) is 13.2 Å². The van der Waals surface area contributed by atoms with Crippen LogP contribution in [-0.4, -0.2) is 19.2 Å². The van der Waals surface area contributed by atoms with E-state index in [0.717, 1.165) is 18.8 Å². The van der Waals surface area contributed by atoms with Crippen LogP contribution in [0.3, 0.4) is 0 Å². The van der Waals surface area contributed by atoms with Crippen LogP contribution in [0.25, 0.3) is 0 Å². The molecule has 0 unspecified atom stereocenters. The molecule has 25 heavy (non-hydrogen) atoms. The van der Waals surface area contributed by atoms with Crippen LogP contribution in [-0.2, 0) is 9.53 Å². The van der Waals surface area contributed by atoms with Gasteiger partial charge in [0.05, 0.1) is 21.7 Å². The number of ether oxygens (including phenoxy) is 2. The summed E-state index contributed by atoms with van der Waals surface area (Å²) in [5, 5.41) is 0.958. The molecule has 0 amide bonds. The van der Waals surface area contributed by atoms with Gasteiger partial charge in [0.2, 0.25) is 0 Å². The van der Waals surface area contributed by atoms with Gasteiger partial charge in [-0.25, -0.2) is 4.79 Å². The van der Waals surface area contributed by atoms with Gasteiger partial charge >= 0.3 is 5.97 Å². The van der Waals surface area contributed by atoms with Gasteiger partial charge in [-0.1, -0.05) is 60.3 Å². The van der Waals surface area contributed by atoms with Crippen molar-refractivity contribution < 1.29 is 14.3 Å². The zero-order valence-electron chi connectivity index (χ0n) is 14.3. The average Bonchev–Trinajstić information content (AvgIpc) is 2.57. The molecule has 2 atom stereocenters. The van der Waals surface area contributed by atoms with Gasteiger partial charge in [-0.2, -0.15) is 0 Å². The molecule has 0 aromatic heterocycles. The molecule has 4 rings (SSSR count). The second-order valence-electron chi connectivity index (χ2n) is 7.28. The molecule has 3 nitrogen and oxygen atoms in total. The molecule has 6 heteroatoms. The molecule has 0 radical (unpaired) electrons. The van der Waals surface area contributed by atoms with Crippen molar-refractivity contribution in [1.82, 2.24) is 0 Å². The lowest BCUT2D eigenvalue weighted by atomic mass is 9.48. The Bertz CT molecular complexity index is 712. The van der Waals surface area contributed by atoms with Crippen molar-refractivity contribution in [1.29, 1.82) is 0 Å². The first kappa shape index (κ1) is 18.9. The summed E-state index contributed by atoms with van der Waals surface area (Å²) in [6.07, 6.45) is 5.53. The summed E-state index contributed by atoms with van der Waals surface area (Å²) in [4.78, 5) is 11.9. The van der Waals surface area contributed by atoms with Crippen LogP contribution in [0.4, 0.5) is 0 Å². The fourth-order valence-corrected chi connectivity index (χ4v) is 4.42. The molecule has 1 saturated carbocycles. The molecule has 3 aliphatic carbocycles. The molecule has 2 bridgehead atoms. The van der Waals surface area contributed by atoms with E-state index in [9.17, 15) is 4.79 Å². The highest BCUT2D eigenvalue weighted by Gasteiger charge is 2.50. The van der Waals surface area contributed by atoms with Gasteiger partial charge in [-0.05, 0) is 36.2 Å². The summed E-state index contributed by atoms with van der Waals surface area (Å²) in [5.41, 5.74) is 1.82. The predicted molar refractivity (Wildman–Crippen MR) is 101 cm³/mol. The maximum absolute atomic E-state index is 11.9. The van der Waals surface area contributed by atoms with Crippen LogP contribution in [0.1, 0.15) is 33.1 Å². The highest BCUT2D eigenvalue weighted by molar-refractivity contribution is 6.43. The molecule has 136 valence electrons. The Morgan fingerprint density at radius 3 is 2.60 bits per heavy atom. The summed E-state index contributed by atoms with van der Waals surface area (Å²) in [5.74, 6) is 1.33. The summed E-state index contributed by atoms with van der Waals surface area (Å²) in [7, 11) is 0. The van der Waals surface area contributed by atoms with Gasteiger partial charge in [0.1, 0.15) is 5.75 Å². The van der Waals surface area contributed by atoms with E-state index < -0.39 is 5.97 Å². The Labute approximate surface area is 163 Å². The lowest BCUT2D eigenvalue weighted by Crippen LogP contribution is -2.48. The molecule has 0 aliphatic heterocycles. The van der Waals surface area contributed by atoms with E-state index in [4.69, 9.17) is 44.3 Å². The number of carbonyl (C=O) groups excluding carboxylic acids is 1. The van der Waals surface area contributed by atoms with Gasteiger partial charge in [0.25, 0.3) is 0 Å². The Hall–Kier alpha value is -0.900. The topological polar surface area (TPSA) is 35.5 Å². The molecular formula is C19H21Cl3O3. The quantitative estimate of drug-likeness (QED) is 0.334. The second kappa shape index (κ2) is 7.38. The highest BCUT2D eigenvalue weighted by atomic mass is 35.5. The predicted octanol–water partition coefficient (Wildman–Crippen LogP) is 5.95. The van der Waals surface area contributed by atoms with E-state index >= 15 is 0 Å². The van der Waals surface area contributed by atoms with Gasteiger partial charge in [-0.3, -0.25) is 0 Å². The van der Waals surface area contributed by atoms with E-state index in [1.54, 1.807) is 0 Å². The first-order valence-electron chi connectivity index (χ1n) is 8.41. The van der Waals surface area contributed by atoms with E-state index in [1.807, 2.05) is 0 Å². The maximum atomic E-state index is 11.9. The van der Waals surface area contributed by atoms with E-state index in [2.05, 4.69) is 19.9 Å². The minimum Gasteiger partial charge on any atom is -0.480 e. The highest BCUT2D eigenvalue weighted by Crippen LogP contribution is 2.59. The number of hydrogen-bond donors (Lipinski definition) is 0. The van der Waals surface area contributed by atoms with Crippen molar-refractivity contribution in [2.45, 2.75) is 33.1 Å². The molecule has 3 aliphatic rings. The third kappa shape index (κ3) is 3.94. The largest absolute Gasteiger partial charge is 0.480 e. The van der Waals surface area contributed by atoms with Crippen LogP contribution in [0.2, 0.25) is 15.1 Å². The summed E-state index contributed by atoms with van der Waals surface area (Å²) in [6.45, 7) is 4.83. The third-order valence-electron chi connectivity index (χ3n) is 5.56. The Morgan fingerprint density at radius 2 is 1.92 bits per heavy atom. The van der Waals surface area contributed by atoms with Crippen LogP contribution in [0.15, 0.2) is 23.8 Å². The molecule has 0 N–H and O–H groups in total. The second-order valence-corrected chi connectivity index (χ2v) is 8.50. The number of halogens is 3. The lowest BCUT2D eigenvalue weighted by molar-refractivity contribution is -0.146. The van der Waals surface area contributed by atoms with Gasteiger partial charge < -0.3 is 9.47 Å². The van der Waals surface area contributed by atoms with Crippen LogP contribution in [0.5, 0.6) is 5.75 Å².